The molecule has 8 nitrogen and oxygen atoms in total. The molecule has 0 saturated heterocycles. The van der Waals surface area contributed by atoms with Crippen molar-refractivity contribution in [2.75, 3.05) is 25.6 Å². The first-order valence-electron chi connectivity index (χ1n) is 10.3. The van der Waals surface area contributed by atoms with E-state index in [0.717, 1.165) is 0 Å². The van der Waals surface area contributed by atoms with E-state index in [1.165, 1.54) is 43.5 Å². The van der Waals surface area contributed by atoms with Crippen molar-refractivity contribution in [1.29, 1.82) is 0 Å². The van der Waals surface area contributed by atoms with Gasteiger partial charge in [-0.1, -0.05) is 24.3 Å². The molecule has 0 spiro atoms. The molecular weight excluding hydrogens is 463 g/mol. The van der Waals surface area contributed by atoms with Gasteiger partial charge in [-0.05, 0) is 36.4 Å². The smallest absolute Gasteiger partial charge is 0.238 e. The molecule has 0 bridgehead atoms. The minimum Gasteiger partial charge on any atom is -0.495 e. The van der Waals surface area contributed by atoms with Crippen LogP contribution >= 0.6 is 0 Å². The zero-order chi connectivity index (χ0) is 23.7. The summed E-state index contributed by atoms with van der Waals surface area (Å²) in [5.41, 5.74) is 0.467. The molecule has 0 saturated carbocycles. The van der Waals surface area contributed by atoms with Crippen LogP contribution in [-0.4, -0.2) is 33.7 Å². The Bertz CT molecular complexity index is 1470. The van der Waals surface area contributed by atoms with Crippen molar-refractivity contribution in [3.63, 3.8) is 0 Å². The minimum absolute atomic E-state index is 0.0224. The number of oxazole rings is 1. The maximum Gasteiger partial charge on any atom is 0.238 e. The summed E-state index contributed by atoms with van der Waals surface area (Å²) in [5.74, 6) is 0.239. The summed E-state index contributed by atoms with van der Waals surface area (Å²) in [6.07, 6.45) is 0. The molecule has 174 valence electrons. The SMILES string of the molecule is COc1ccccc1Nc1oc(-c2ccccc2F)nc1S(=O)(=O)c1ccc2c(c1)OCCO2. The van der Waals surface area contributed by atoms with Crippen LogP contribution < -0.4 is 19.5 Å². The number of ether oxygens (including phenoxy) is 3. The molecule has 5 rings (SSSR count). The molecule has 3 aromatic carbocycles. The number of nitrogens with zero attached hydrogens (tertiary/aromatic N) is 1. The molecule has 10 heteroatoms. The van der Waals surface area contributed by atoms with Gasteiger partial charge in [-0.25, -0.2) is 12.8 Å². The molecule has 0 amide bonds. The highest BCUT2D eigenvalue weighted by Gasteiger charge is 2.31. The Labute approximate surface area is 194 Å². The predicted molar refractivity (Wildman–Crippen MR) is 121 cm³/mol. The summed E-state index contributed by atoms with van der Waals surface area (Å²) in [7, 11) is -2.72. The summed E-state index contributed by atoms with van der Waals surface area (Å²) in [6, 6.07) is 17.0. The topological polar surface area (TPSA) is 99.9 Å². The normalized spacial score (nSPS) is 12.9. The first-order chi connectivity index (χ1) is 16.5. The third-order valence-corrected chi connectivity index (χ3v) is 6.79. The Morgan fingerprint density at radius 1 is 0.971 bits per heavy atom. The lowest BCUT2D eigenvalue weighted by atomic mass is 10.2. The van der Waals surface area contributed by atoms with Crippen LogP contribution in [0.4, 0.5) is 16.0 Å². The van der Waals surface area contributed by atoms with Crippen LogP contribution in [0.5, 0.6) is 17.2 Å². The van der Waals surface area contributed by atoms with Crippen LogP contribution in [0.2, 0.25) is 0 Å². The predicted octanol–water partition coefficient (Wildman–Crippen LogP) is 4.84. The molecule has 0 aliphatic carbocycles. The van der Waals surface area contributed by atoms with E-state index in [-0.39, 0.29) is 22.2 Å². The van der Waals surface area contributed by atoms with E-state index in [9.17, 15) is 12.8 Å². The fourth-order valence-corrected chi connectivity index (χ4v) is 4.76. The molecule has 4 aromatic rings. The number of nitrogens with one attached hydrogen (secondary N) is 1. The van der Waals surface area contributed by atoms with E-state index >= 15 is 0 Å². The number of hydrogen-bond donors (Lipinski definition) is 1. The van der Waals surface area contributed by atoms with Crippen LogP contribution in [0, 0.1) is 5.82 Å². The van der Waals surface area contributed by atoms with Gasteiger partial charge in [0.25, 0.3) is 0 Å². The number of anilines is 2. The van der Waals surface area contributed by atoms with Gasteiger partial charge < -0.3 is 23.9 Å². The fraction of sp³-hybridized carbons (Fsp3) is 0.125. The molecule has 0 atom stereocenters. The van der Waals surface area contributed by atoms with Gasteiger partial charge in [0.15, 0.2) is 11.5 Å². The summed E-state index contributed by atoms with van der Waals surface area (Å²) >= 11 is 0. The van der Waals surface area contributed by atoms with E-state index in [4.69, 9.17) is 18.6 Å². The second-order valence-electron chi connectivity index (χ2n) is 7.27. The molecule has 34 heavy (non-hydrogen) atoms. The Morgan fingerprint density at radius 2 is 1.71 bits per heavy atom. The van der Waals surface area contributed by atoms with Crippen LogP contribution in [0.15, 0.2) is 81.1 Å². The molecule has 0 fully saturated rings. The summed E-state index contributed by atoms with van der Waals surface area (Å²) in [5, 5.41) is 2.52. The molecule has 2 heterocycles. The van der Waals surface area contributed by atoms with Gasteiger partial charge in [-0.2, -0.15) is 4.98 Å². The third-order valence-electron chi connectivity index (χ3n) is 5.13. The van der Waals surface area contributed by atoms with E-state index in [2.05, 4.69) is 10.3 Å². The van der Waals surface area contributed by atoms with E-state index < -0.39 is 20.7 Å². The largest absolute Gasteiger partial charge is 0.495 e. The Morgan fingerprint density at radius 3 is 2.50 bits per heavy atom. The van der Waals surface area contributed by atoms with Crippen molar-refractivity contribution >= 4 is 21.4 Å². The van der Waals surface area contributed by atoms with Gasteiger partial charge in [0, 0.05) is 6.07 Å². The number of fused-ring (bicyclic) bond motifs is 1. The standard InChI is InChI=1S/C24H19FN2O6S/c1-30-19-9-5-4-8-18(19)26-23-24(27-22(33-23)16-6-2-3-7-17(16)25)34(28,29)15-10-11-20-21(14-15)32-13-12-31-20/h2-11,14,26H,12-13H2,1H3. The second kappa shape index (κ2) is 8.71. The van der Waals surface area contributed by atoms with Crippen molar-refractivity contribution in [2.24, 2.45) is 0 Å². The number of rotatable bonds is 6. The number of halogens is 1. The van der Waals surface area contributed by atoms with Gasteiger partial charge >= 0.3 is 0 Å². The van der Waals surface area contributed by atoms with E-state index in [0.29, 0.717) is 36.1 Å². The molecule has 1 aliphatic heterocycles. The Balaban J connectivity index is 1.65. The highest BCUT2D eigenvalue weighted by molar-refractivity contribution is 7.91. The lowest BCUT2D eigenvalue weighted by Crippen LogP contribution is -2.16. The minimum atomic E-state index is -4.21. The summed E-state index contributed by atoms with van der Waals surface area (Å²) in [4.78, 5) is 4.11. The highest BCUT2D eigenvalue weighted by Crippen LogP contribution is 2.39. The number of benzene rings is 3. The monoisotopic (exact) mass is 482 g/mol. The van der Waals surface area contributed by atoms with Crippen molar-refractivity contribution < 1.29 is 31.4 Å². The van der Waals surface area contributed by atoms with Crippen LogP contribution in [0.1, 0.15) is 0 Å². The third kappa shape index (κ3) is 3.92. The zero-order valence-corrected chi connectivity index (χ0v) is 18.8. The molecule has 1 aliphatic rings. The number of methoxy groups -OCH3 is 1. The van der Waals surface area contributed by atoms with Crippen LogP contribution in [0.25, 0.3) is 11.5 Å². The summed E-state index contributed by atoms with van der Waals surface area (Å²) < 4.78 is 63.8. The number of aromatic nitrogens is 1. The average molecular weight is 482 g/mol. The van der Waals surface area contributed by atoms with Crippen LogP contribution in [-0.2, 0) is 9.84 Å². The first-order valence-corrected chi connectivity index (χ1v) is 11.8. The fourth-order valence-electron chi connectivity index (χ4n) is 3.49. The number of para-hydroxylation sites is 2. The Kier molecular flexibility index (Phi) is 5.58. The van der Waals surface area contributed by atoms with Crippen molar-refractivity contribution in [2.45, 2.75) is 9.92 Å². The van der Waals surface area contributed by atoms with E-state index in [1.807, 2.05) is 0 Å². The van der Waals surface area contributed by atoms with Gasteiger partial charge in [0.2, 0.25) is 26.6 Å². The summed E-state index contributed by atoms with van der Waals surface area (Å²) in [6.45, 7) is 0.680. The second-order valence-corrected chi connectivity index (χ2v) is 9.13. The maximum absolute atomic E-state index is 14.4. The van der Waals surface area contributed by atoms with Crippen LogP contribution in [0.3, 0.4) is 0 Å². The lowest BCUT2D eigenvalue weighted by molar-refractivity contribution is 0.171. The maximum atomic E-state index is 14.4. The van der Waals surface area contributed by atoms with Crippen molar-refractivity contribution in [3.8, 4) is 28.7 Å². The molecule has 1 aromatic heterocycles. The quantitative estimate of drug-likeness (QED) is 0.417. The number of hydrogen-bond acceptors (Lipinski definition) is 8. The Hall–Kier alpha value is -4.05. The van der Waals surface area contributed by atoms with Gasteiger partial charge in [0.05, 0.1) is 23.3 Å². The van der Waals surface area contributed by atoms with Gasteiger partial charge in [0.1, 0.15) is 24.8 Å². The first kappa shape index (κ1) is 21.8. The lowest BCUT2D eigenvalue weighted by Gasteiger charge is -2.18. The number of sulfone groups is 1. The molecular formula is C24H19FN2O6S. The average Bonchev–Trinajstić information content (AvgIpc) is 3.28. The molecule has 0 unspecified atom stereocenters. The van der Waals surface area contributed by atoms with E-state index in [1.54, 1.807) is 30.3 Å². The molecule has 1 N–H and O–H groups in total. The highest BCUT2D eigenvalue weighted by atomic mass is 32.2. The zero-order valence-electron chi connectivity index (χ0n) is 17.9. The van der Waals surface area contributed by atoms with Gasteiger partial charge in [-0.15, -0.1) is 0 Å². The van der Waals surface area contributed by atoms with Crippen molar-refractivity contribution in [1.82, 2.24) is 4.98 Å². The van der Waals surface area contributed by atoms with Gasteiger partial charge in [-0.3, -0.25) is 0 Å². The van der Waals surface area contributed by atoms with Crippen molar-refractivity contribution in [3.05, 3.63) is 72.5 Å². The molecule has 0 radical (unpaired) electrons.